The van der Waals surface area contributed by atoms with Crippen molar-refractivity contribution >= 4 is 27.6 Å². The van der Waals surface area contributed by atoms with Gasteiger partial charge in [0.1, 0.15) is 5.75 Å². The van der Waals surface area contributed by atoms with E-state index < -0.39 is 5.60 Å². The highest BCUT2D eigenvalue weighted by atomic mass is 16.5. The molecule has 2 aromatic heterocycles. The van der Waals surface area contributed by atoms with Crippen molar-refractivity contribution in [1.29, 1.82) is 0 Å². The first-order valence-electron chi connectivity index (χ1n) is 13.4. The van der Waals surface area contributed by atoms with Gasteiger partial charge in [-0.1, -0.05) is 30.3 Å². The number of aromatic nitrogens is 2. The van der Waals surface area contributed by atoms with Gasteiger partial charge in [-0.3, -0.25) is 4.98 Å². The average molecular weight is 530 g/mol. The highest BCUT2D eigenvalue weighted by Crippen LogP contribution is 2.43. The number of nitrogens with zero attached hydrogens (tertiary/aromatic N) is 3. The van der Waals surface area contributed by atoms with Crippen LogP contribution in [-0.4, -0.2) is 47.0 Å². The van der Waals surface area contributed by atoms with Crippen molar-refractivity contribution in [3.63, 3.8) is 0 Å². The molecule has 5 N–H and O–H groups in total. The van der Waals surface area contributed by atoms with Crippen molar-refractivity contribution in [2.45, 2.75) is 45.3 Å². The van der Waals surface area contributed by atoms with Crippen molar-refractivity contribution < 1.29 is 14.6 Å². The van der Waals surface area contributed by atoms with Crippen LogP contribution in [0.3, 0.4) is 0 Å². The Bertz CT molecular complexity index is 1510. The molecule has 39 heavy (non-hydrogen) atoms. The first kappa shape index (κ1) is 27.0. The van der Waals surface area contributed by atoms with Gasteiger partial charge in [-0.15, -0.1) is 0 Å². The van der Waals surface area contributed by atoms with Crippen molar-refractivity contribution in [3.8, 4) is 5.75 Å². The number of hydrogen-bond acceptors (Lipinski definition) is 7. The van der Waals surface area contributed by atoms with Crippen LogP contribution in [0.25, 0.3) is 27.6 Å². The van der Waals surface area contributed by atoms with Gasteiger partial charge < -0.3 is 29.9 Å². The molecule has 0 radical (unpaired) electrons. The van der Waals surface area contributed by atoms with Crippen LogP contribution < -0.4 is 16.3 Å². The summed E-state index contributed by atoms with van der Waals surface area (Å²) < 4.78 is 13.9. The van der Waals surface area contributed by atoms with E-state index in [4.69, 9.17) is 26.0 Å². The van der Waals surface area contributed by atoms with Gasteiger partial charge in [0, 0.05) is 48.7 Å². The lowest BCUT2D eigenvalue weighted by Crippen LogP contribution is -2.27. The second-order valence-corrected chi connectivity index (χ2v) is 11.0. The van der Waals surface area contributed by atoms with Crippen molar-refractivity contribution in [3.05, 3.63) is 77.1 Å². The van der Waals surface area contributed by atoms with Crippen LogP contribution in [-0.2, 0) is 10.3 Å². The van der Waals surface area contributed by atoms with Crippen LogP contribution in [0.15, 0.2) is 60.4 Å². The third-order valence-electron chi connectivity index (χ3n) is 7.75. The van der Waals surface area contributed by atoms with E-state index in [0.717, 1.165) is 64.8 Å². The van der Waals surface area contributed by atoms with E-state index in [1.54, 1.807) is 28.0 Å². The quantitative estimate of drug-likeness (QED) is 0.231. The van der Waals surface area contributed by atoms with Crippen LogP contribution in [0.1, 0.15) is 56.3 Å². The number of fused-ring (bicyclic) bond motifs is 3. The molecule has 1 aliphatic heterocycles. The molecular formula is C31H39N5O3. The number of methoxy groups -OCH3 is 1. The Morgan fingerprint density at radius 3 is 2.44 bits per heavy atom. The van der Waals surface area contributed by atoms with E-state index in [0.29, 0.717) is 17.4 Å². The molecule has 1 saturated heterocycles. The molecule has 1 aliphatic rings. The molecule has 1 fully saturated rings. The van der Waals surface area contributed by atoms with Gasteiger partial charge in [0.15, 0.2) is 0 Å². The number of nitrogens with two attached hydrogens (primary N) is 2. The Morgan fingerprint density at radius 1 is 1.15 bits per heavy atom. The van der Waals surface area contributed by atoms with E-state index in [2.05, 4.69) is 41.0 Å². The summed E-state index contributed by atoms with van der Waals surface area (Å²) in [6.45, 7) is 6.87. The summed E-state index contributed by atoms with van der Waals surface area (Å²) in [6, 6.07) is 16.8. The number of rotatable bonds is 7. The molecule has 0 saturated carbocycles. The molecule has 5 rings (SSSR count). The maximum absolute atomic E-state index is 11.1. The van der Waals surface area contributed by atoms with Gasteiger partial charge in [0.25, 0.3) is 0 Å². The van der Waals surface area contributed by atoms with Crippen LogP contribution in [0.5, 0.6) is 5.75 Å². The molecule has 8 nitrogen and oxygen atoms in total. The molecule has 0 bridgehead atoms. The lowest BCUT2D eigenvalue weighted by atomic mass is 9.86. The fourth-order valence-electron chi connectivity index (χ4n) is 6.03. The van der Waals surface area contributed by atoms with Gasteiger partial charge in [-0.25, -0.2) is 5.84 Å². The minimum absolute atomic E-state index is 0.0252. The van der Waals surface area contributed by atoms with E-state index in [-0.39, 0.29) is 6.04 Å². The number of ether oxygens (including phenoxy) is 2. The molecule has 206 valence electrons. The molecule has 2 aromatic carbocycles. The SMILES string of the molecule is COc1cc2c3ncc(/C(=C(\C)N)N(C)N)cc3n(C(c3ccccc3)C3CCOCC3)c2cc1C(C)(C)O. The zero-order chi connectivity index (χ0) is 27.9. The minimum atomic E-state index is -1.10. The molecule has 4 aromatic rings. The van der Waals surface area contributed by atoms with Gasteiger partial charge >= 0.3 is 0 Å². The van der Waals surface area contributed by atoms with E-state index in [9.17, 15) is 5.11 Å². The Balaban J connectivity index is 1.91. The fraction of sp³-hybridized carbons (Fsp3) is 0.387. The first-order chi connectivity index (χ1) is 18.6. The zero-order valence-electron chi connectivity index (χ0n) is 23.4. The molecule has 1 atom stereocenters. The first-order valence-corrected chi connectivity index (χ1v) is 13.4. The number of pyridine rings is 1. The van der Waals surface area contributed by atoms with Crippen LogP contribution in [0, 0.1) is 5.92 Å². The van der Waals surface area contributed by atoms with Gasteiger partial charge in [0.05, 0.1) is 41.0 Å². The van der Waals surface area contributed by atoms with Gasteiger partial charge in [0.2, 0.25) is 0 Å². The van der Waals surface area contributed by atoms with Crippen molar-refractivity contribution in [1.82, 2.24) is 14.6 Å². The van der Waals surface area contributed by atoms with Crippen molar-refractivity contribution in [2.24, 2.45) is 17.5 Å². The third-order valence-corrected chi connectivity index (χ3v) is 7.75. The molecule has 0 amide bonds. The third kappa shape index (κ3) is 4.95. The molecule has 0 spiro atoms. The van der Waals surface area contributed by atoms with Gasteiger partial charge in [-0.05, 0) is 63.3 Å². The summed E-state index contributed by atoms with van der Waals surface area (Å²) in [4.78, 5) is 4.97. The minimum Gasteiger partial charge on any atom is -0.496 e. The van der Waals surface area contributed by atoms with Crippen LogP contribution in [0.2, 0.25) is 0 Å². The second-order valence-electron chi connectivity index (χ2n) is 11.0. The van der Waals surface area contributed by atoms with E-state index in [1.807, 2.05) is 25.3 Å². The van der Waals surface area contributed by atoms with E-state index in [1.165, 1.54) is 10.6 Å². The molecule has 3 heterocycles. The Labute approximate surface area is 229 Å². The summed E-state index contributed by atoms with van der Waals surface area (Å²) in [5.41, 5.74) is 12.1. The maximum Gasteiger partial charge on any atom is 0.125 e. The van der Waals surface area contributed by atoms with E-state index >= 15 is 0 Å². The largest absolute Gasteiger partial charge is 0.496 e. The maximum atomic E-state index is 11.1. The number of benzene rings is 2. The lowest BCUT2D eigenvalue weighted by molar-refractivity contribution is 0.0552. The number of hydrazine groups is 1. The number of aliphatic hydroxyl groups is 1. The fourth-order valence-corrected chi connectivity index (χ4v) is 6.03. The predicted octanol–water partition coefficient (Wildman–Crippen LogP) is 4.89. The topological polar surface area (TPSA) is 112 Å². The Kier molecular flexibility index (Phi) is 7.29. The summed E-state index contributed by atoms with van der Waals surface area (Å²) >= 11 is 0. The van der Waals surface area contributed by atoms with Crippen LogP contribution in [0.4, 0.5) is 0 Å². The molecule has 0 aliphatic carbocycles. The highest BCUT2D eigenvalue weighted by Gasteiger charge is 2.32. The lowest BCUT2D eigenvalue weighted by Gasteiger charge is -2.33. The Hall–Kier alpha value is -3.59. The predicted molar refractivity (Wildman–Crippen MR) is 156 cm³/mol. The zero-order valence-corrected chi connectivity index (χ0v) is 23.4. The highest BCUT2D eigenvalue weighted by molar-refractivity contribution is 6.07. The molecule has 8 heteroatoms. The number of hydrogen-bond donors (Lipinski definition) is 3. The standard InChI is InChI=1S/C31H39N5O3/c1-19(32)29(35(4)33)22-15-26-28(34-18-22)23-16-27(38-5)24(31(2,3)37)17-25(23)36(26)30(20-9-7-6-8-10-20)21-11-13-39-14-12-21/h6-10,15-18,21,30,37H,11-14,32-33H2,1-5H3/b29-19-. The van der Waals surface area contributed by atoms with Crippen LogP contribution >= 0.6 is 0 Å². The summed E-state index contributed by atoms with van der Waals surface area (Å²) in [5, 5.41) is 13.6. The summed E-state index contributed by atoms with van der Waals surface area (Å²) in [5.74, 6) is 7.18. The number of allylic oxidation sites excluding steroid dienone is 1. The monoisotopic (exact) mass is 529 g/mol. The normalized spacial score (nSPS) is 16.4. The smallest absolute Gasteiger partial charge is 0.125 e. The molecular weight excluding hydrogens is 490 g/mol. The molecule has 1 unspecified atom stereocenters. The average Bonchev–Trinajstić information content (AvgIpc) is 3.21. The summed E-state index contributed by atoms with van der Waals surface area (Å²) in [6.07, 6.45) is 3.71. The Morgan fingerprint density at radius 2 is 1.85 bits per heavy atom. The van der Waals surface area contributed by atoms with Crippen molar-refractivity contribution in [2.75, 3.05) is 27.4 Å². The van der Waals surface area contributed by atoms with Gasteiger partial charge in [-0.2, -0.15) is 0 Å². The second kappa shape index (κ2) is 10.5. The summed E-state index contributed by atoms with van der Waals surface area (Å²) in [7, 11) is 3.41.